The summed E-state index contributed by atoms with van der Waals surface area (Å²) in [5.74, 6) is -0.210. The molecule has 0 amide bonds. The minimum absolute atomic E-state index is 0. The number of phenolic OH excluding ortho intramolecular Hbond substituents is 2. The van der Waals surface area contributed by atoms with E-state index in [9.17, 15) is 19.8 Å². The van der Waals surface area contributed by atoms with Crippen molar-refractivity contribution in [3.8, 4) is 45.3 Å². The number of benzene rings is 6. The molecular formula is C60H70F2HfO6-2. The molecule has 9 heteroatoms. The normalized spacial score (nSPS) is 12.1. The van der Waals surface area contributed by atoms with Gasteiger partial charge in [0.2, 0.25) is 0 Å². The Morgan fingerprint density at radius 3 is 1.06 bits per heavy atom. The van der Waals surface area contributed by atoms with E-state index in [1.807, 2.05) is 91.8 Å². The van der Waals surface area contributed by atoms with E-state index in [4.69, 9.17) is 9.47 Å². The molecule has 2 unspecified atom stereocenters. The number of rotatable bonds is 13. The second-order valence-corrected chi connectivity index (χ2v) is 19.9. The van der Waals surface area contributed by atoms with Crippen molar-refractivity contribution in [1.82, 2.24) is 0 Å². The fourth-order valence-electron chi connectivity index (χ4n) is 7.93. The minimum atomic E-state index is -0.397. The number of ether oxygens (including phenoxy) is 2. The summed E-state index contributed by atoms with van der Waals surface area (Å²) in [5.41, 5.74) is 7.40. The van der Waals surface area contributed by atoms with Gasteiger partial charge in [0.25, 0.3) is 0 Å². The molecule has 0 spiro atoms. The van der Waals surface area contributed by atoms with E-state index in [0.29, 0.717) is 69.2 Å². The molecule has 6 aromatic carbocycles. The van der Waals surface area contributed by atoms with Crippen LogP contribution in [-0.4, -0.2) is 36.0 Å². The molecule has 0 radical (unpaired) electrons. The third-order valence-corrected chi connectivity index (χ3v) is 12.1. The van der Waals surface area contributed by atoms with Crippen LogP contribution in [0.25, 0.3) is 22.3 Å². The minimum Gasteiger partial charge on any atom is -0.507 e. The summed E-state index contributed by atoms with van der Waals surface area (Å²) in [6, 6.07) is 31.7. The smallest absolute Gasteiger partial charge is 0.130 e. The first kappa shape index (κ1) is 57.9. The molecule has 0 fully saturated rings. The molecule has 6 aromatic rings. The van der Waals surface area contributed by atoms with Gasteiger partial charge in [-0.3, -0.25) is 0 Å². The maximum Gasteiger partial charge on any atom is 0.130 e. The summed E-state index contributed by atoms with van der Waals surface area (Å²) < 4.78 is 42.9. The number of carbonyl (C=O) groups excluding carboxylic acids is 2. The zero-order chi connectivity index (χ0) is 50.7. The van der Waals surface area contributed by atoms with Gasteiger partial charge < -0.3 is 29.3 Å². The SMILES string of the molecule is CCOc1c(-c2cc(C(C)(C)C)cc(C(C)C(C)c3cc(C(C)(C)C)cc(-c4cc(F)cc(C(C)C)c4OCC)c3O)c2O)cc(F)cc1C(C)C.O=[C-]c1ccccc1.O=[C-]c1ccccc1.[Hf]. The molecular weight excluding hydrogens is 1030 g/mol. The Morgan fingerprint density at radius 2 is 0.812 bits per heavy atom. The average molecular weight is 1100 g/mol. The van der Waals surface area contributed by atoms with E-state index in [0.717, 1.165) is 22.3 Å². The van der Waals surface area contributed by atoms with Crippen LogP contribution in [0.15, 0.2) is 109 Å². The van der Waals surface area contributed by atoms with Gasteiger partial charge in [-0.2, -0.15) is 35.4 Å². The summed E-state index contributed by atoms with van der Waals surface area (Å²) in [6.07, 6.45) is 3.55. The largest absolute Gasteiger partial charge is 0.507 e. The maximum absolute atomic E-state index is 15.3. The van der Waals surface area contributed by atoms with E-state index in [-0.39, 0.29) is 71.8 Å². The number of aromatic hydroxyl groups is 2. The van der Waals surface area contributed by atoms with Crippen LogP contribution in [0.4, 0.5) is 8.78 Å². The second kappa shape index (κ2) is 25.4. The monoisotopic (exact) mass is 1100 g/mol. The van der Waals surface area contributed by atoms with Gasteiger partial charge in [-0.05, 0) is 107 Å². The zero-order valence-electron chi connectivity index (χ0n) is 42.9. The molecule has 0 saturated heterocycles. The van der Waals surface area contributed by atoms with Crippen molar-refractivity contribution in [1.29, 1.82) is 0 Å². The first-order valence-electron chi connectivity index (χ1n) is 23.5. The van der Waals surface area contributed by atoms with Crippen LogP contribution in [0.1, 0.15) is 165 Å². The quantitative estimate of drug-likeness (QED) is 0.0884. The molecule has 69 heavy (non-hydrogen) atoms. The maximum atomic E-state index is 15.3. The molecule has 366 valence electrons. The molecule has 2 N–H and O–H groups in total. The van der Waals surface area contributed by atoms with Crippen molar-refractivity contribution in [3.05, 3.63) is 165 Å². The molecule has 0 bridgehead atoms. The molecule has 0 heterocycles. The van der Waals surface area contributed by atoms with E-state index < -0.39 is 11.6 Å². The van der Waals surface area contributed by atoms with Crippen LogP contribution in [0.5, 0.6) is 23.0 Å². The van der Waals surface area contributed by atoms with Gasteiger partial charge in [-0.1, -0.05) is 107 Å². The Hall–Kier alpha value is -5.41. The average Bonchev–Trinajstić information content (AvgIpc) is 3.29. The predicted octanol–water partition coefficient (Wildman–Crippen LogP) is 15.5. The standard InChI is InChI=1S/C46H60F2O4.2C7H5O.Hf/c1-15-51-43-33(25(3)4)21-31(47)23-39(43)37-19-29(45(9,10)11)17-35(41(37)49)27(7)28(8)36-18-30(46(12,13)14)20-38(42(36)50)40-24-32(48)22-34(26(5)6)44(40)52-16-2;2*8-6-7-4-2-1-3-5-7;/h17-28,49-50H,15-16H2,1-14H3;2*1-5H;/q;2*-1;. The molecule has 2 atom stereocenters. The fraction of sp³-hybridized carbons (Fsp3) is 0.367. The van der Waals surface area contributed by atoms with E-state index >= 15 is 8.78 Å². The Kier molecular flexibility index (Phi) is 21.4. The van der Waals surface area contributed by atoms with Crippen molar-refractivity contribution in [3.63, 3.8) is 0 Å². The predicted molar refractivity (Wildman–Crippen MR) is 274 cm³/mol. The van der Waals surface area contributed by atoms with Crippen molar-refractivity contribution in [2.45, 2.75) is 131 Å². The Morgan fingerprint density at radius 1 is 0.493 bits per heavy atom. The van der Waals surface area contributed by atoms with Crippen LogP contribution in [0.3, 0.4) is 0 Å². The Labute approximate surface area is 429 Å². The number of hydrogen-bond acceptors (Lipinski definition) is 6. The van der Waals surface area contributed by atoms with E-state index in [1.54, 1.807) is 61.1 Å². The van der Waals surface area contributed by atoms with Crippen LogP contribution in [0, 0.1) is 11.6 Å². The molecule has 0 aliphatic carbocycles. The van der Waals surface area contributed by atoms with Gasteiger partial charge in [-0.15, -0.1) is 24.3 Å². The molecule has 6 nitrogen and oxygen atoms in total. The number of hydrogen-bond donors (Lipinski definition) is 2. The third-order valence-electron chi connectivity index (χ3n) is 12.1. The fourth-order valence-corrected chi connectivity index (χ4v) is 7.93. The van der Waals surface area contributed by atoms with Gasteiger partial charge in [0.05, 0.1) is 25.8 Å². The number of phenols is 2. The van der Waals surface area contributed by atoms with E-state index in [2.05, 4.69) is 41.5 Å². The van der Waals surface area contributed by atoms with Gasteiger partial charge in [0.15, 0.2) is 0 Å². The van der Waals surface area contributed by atoms with Gasteiger partial charge in [0, 0.05) is 59.2 Å². The van der Waals surface area contributed by atoms with Crippen LogP contribution >= 0.6 is 0 Å². The summed E-state index contributed by atoms with van der Waals surface area (Å²) in [6.45, 7) is 29.3. The molecule has 0 aromatic heterocycles. The van der Waals surface area contributed by atoms with Gasteiger partial charge in [0.1, 0.15) is 34.6 Å². The second-order valence-electron chi connectivity index (χ2n) is 19.9. The van der Waals surface area contributed by atoms with Gasteiger partial charge in [-0.25, -0.2) is 8.78 Å². The summed E-state index contributed by atoms with van der Waals surface area (Å²) >= 11 is 0. The van der Waals surface area contributed by atoms with Crippen molar-refractivity contribution in [2.75, 3.05) is 13.2 Å². The summed E-state index contributed by atoms with van der Waals surface area (Å²) in [7, 11) is 0. The Balaban J connectivity index is 0.000000621. The first-order chi connectivity index (χ1) is 32.0. The Bertz CT molecular complexity index is 2450. The van der Waals surface area contributed by atoms with Gasteiger partial charge >= 0.3 is 0 Å². The van der Waals surface area contributed by atoms with Crippen molar-refractivity contribution >= 4 is 12.6 Å². The molecule has 0 aliphatic heterocycles. The summed E-state index contributed by atoms with van der Waals surface area (Å²) in [5, 5.41) is 24.4. The first-order valence-corrected chi connectivity index (χ1v) is 23.5. The topological polar surface area (TPSA) is 93.1 Å². The summed E-state index contributed by atoms with van der Waals surface area (Å²) in [4.78, 5) is 19.8. The molecule has 0 aliphatic rings. The third kappa shape index (κ3) is 14.8. The van der Waals surface area contributed by atoms with Crippen molar-refractivity contribution in [2.24, 2.45) is 0 Å². The van der Waals surface area contributed by atoms with Crippen LogP contribution in [-0.2, 0) is 46.3 Å². The van der Waals surface area contributed by atoms with E-state index in [1.165, 1.54) is 24.3 Å². The van der Waals surface area contributed by atoms with Crippen LogP contribution < -0.4 is 9.47 Å². The van der Waals surface area contributed by atoms with Crippen molar-refractivity contribution < 1.29 is 63.9 Å². The number of halogens is 2. The molecule has 0 saturated carbocycles. The van der Waals surface area contributed by atoms with Crippen LogP contribution in [0.2, 0.25) is 0 Å². The molecule has 6 rings (SSSR count). The zero-order valence-corrected chi connectivity index (χ0v) is 46.5.